The van der Waals surface area contributed by atoms with Gasteiger partial charge in [-0.25, -0.2) is 0 Å². The Morgan fingerprint density at radius 3 is 3.00 bits per heavy atom. The van der Waals surface area contributed by atoms with E-state index in [1.165, 1.54) is 16.7 Å². The highest BCUT2D eigenvalue weighted by molar-refractivity contribution is 5.71. The molecule has 0 aromatic heterocycles. The highest BCUT2D eigenvalue weighted by atomic mass is 16.1. The third-order valence-corrected chi connectivity index (χ3v) is 2.70. The second-order valence-electron chi connectivity index (χ2n) is 3.63. The summed E-state index contributed by atoms with van der Waals surface area (Å²) in [6.45, 7) is 0. The molecule has 1 aromatic rings. The molecule has 1 nitrogen and oxygen atoms in total. The Labute approximate surface area is 84.5 Å². The van der Waals surface area contributed by atoms with Crippen molar-refractivity contribution in [2.45, 2.75) is 25.7 Å². The number of fused-ring (bicyclic) bond motifs is 1. The van der Waals surface area contributed by atoms with Crippen LogP contribution in [-0.4, -0.2) is 6.29 Å². The van der Waals surface area contributed by atoms with E-state index in [1.54, 1.807) is 0 Å². The van der Waals surface area contributed by atoms with Gasteiger partial charge in [-0.2, -0.15) is 0 Å². The number of rotatable bonds is 3. The molecule has 1 aliphatic carbocycles. The van der Waals surface area contributed by atoms with Crippen LogP contribution in [0.15, 0.2) is 30.3 Å². The second-order valence-corrected chi connectivity index (χ2v) is 3.63. The molecule has 0 bridgehead atoms. The molecule has 0 radical (unpaired) electrons. The molecule has 0 atom stereocenters. The summed E-state index contributed by atoms with van der Waals surface area (Å²) in [4.78, 5) is 10.3. The molecular formula is C13H14O. The smallest absolute Gasteiger partial charge is 0.120 e. The fourth-order valence-corrected chi connectivity index (χ4v) is 2.01. The van der Waals surface area contributed by atoms with E-state index in [0.717, 1.165) is 25.5 Å². The van der Waals surface area contributed by atoms with Crippen molar-refractivity contribution in [1.82, 2.24) is 0 Å². The maximum absolute atomic E-state index is 10.3. The van der Waals surface area contributed by atoms with Crippen molar-refractivity contribution in [1.29, 1.82) is 0 Å². The van der Waals surface area contributed by atoms with Crippen LogP contribution >= 0.6 is 0 Å². The summed E-state index contributed by atoms with van der Waals surface area (Å²) in [7, 11) is 0. The first-order valence-electron chi connectivity index (χ1n) is 5.13. The van der Waals surface area contributed by atoms with Crippen LogP contribution in [0.2, 0.25) is 0 Å². The summed E-state index contributed by atoms with van der Waals surface area (Å²) in [5, 5.41) is 0. The third-order valence-electron chi connectivity index (χ3n) is 2.70. The Morgan fingerprint density at radius 2 is 2.14 bits per heavy atom. The average molecular weight is 186 g/mol. The lowest BCUT2D eigenvalue weighted by Gasteiger charge is -2.16. The van der Waals surface area contributed by atoms with Gasteiger partial charge in [-0.15, -0.1) is 0 Å². The molecule has 1 aliphatic rings. The third kappa shape index (κ3) is 1.77. The SMILES string of the molecule is O=CCCC1=CCCc2ccccc21. The zero-order chi connectivity index (χ0) is 9.80. The highest BCUT2D eigenvalue weighted by Crippen LogP contribution is 2.28. The van der Waals surface area contributed by atoms with Crippen LogP contribution in [0, 0.1) is 0 Å². The van der Waals surface area contributed by atoms with Crippen molar-refractivity contribution in [2.75, 3.05) is 0 Å². The normalized spacial score (nSPS) is 14.4. The van der Waals surface area contributed by atoms with Crippen molar-refractivity contribution in [3.8, 4) is 0 Å². The molecule has 72 valence electrons. The lowest BCUT2D eigenvalue weighted by atomic mass is 9.89. The standard InChI is InChI=1S/C13H14O/c14-10-4-8-12-7-3-6-11-5-1-2-9-13(11)12/h1-2,5,7,9-10H,3-4,6,8H2. The molecule has 1 heteroatoms. The minimum absolute atomic E-state index is 0.639. The molecule has 0 heterocycles. The Bertz CT molecular complexity index is 363. The number of allylic oxidation sites excluding steroid dienone is 2. The van der Waals surface area contributed by atoms with Crippen LogP contribution in [-0.2, 0) is 11.2 Å². The minimum Gasteiger partial charge on any atom is -0.303 e. The number of hydrogen-bond donors (Lipinski definition) is 0. The number of aryl methyl sites for hydroxylation is 1. The summed E-state index contributed by atoms with van der Waals surface area (Å²) in [6.07, 6.45) is 7.05. The van der Waals surface area contributed by atoms with E-state index in [-0.39, 0.29) is 0 Å². The van der Waals surface area contributed by atoms with Crippen molar-refractivity contribution >= 4 is 11.9 Å². The first-order chi connectivity index (χ1) is 6.92. The molecular weight excluding hydrogens is 172 g/mol. The summed E-state index contributed by atoms with van der Waals surface area (Å²) in [5.74, 6) is 0. The highest BCUT2D eigenvalue weighted by Gasteiger charge is 2.10. The fraction of sp³-hybridized carbons (Fsp3) is 0.308. The number of carbonyl (C=O) groups is 1. The predicted octanol–water partition coefficient (Wildman–Crippen LogP) is 3.00. The Kier molecular flexibility index (Phi) is 2.78. The topological polar surface area (TPSA) is 17.1 Å². The molecule has 2 rings (SSSR count). The fourth-order valence-electron chi connectivity index (χ4n) is 2.01. The van der Waals surface area contributed by atoms with Gasteiger partial charge in [0.1, 0.15) is 6.29 Å². The molecule has 0 unspecified atom stereocenters. The summed E-state index contributed by atoms with van der Waals surface area (Å²) in [5.41, 5.74) is 4.12. The number of carbonyl (C=O) groups excluding carboxylic acids is 1. The van der Waals surface area contributed by atoms with Crippen LogP contribution in [0.3, 0.4) is 0 Å². The predicted molar refractivity (Wildman–Crippen MR) is 58.0 cm³/mol. The first kappa shape index (κ1) is 9.20. The minimum atomic E-state index is 0.639. The Morgan fingerprint density at radius 1 is 1.29 bits per heavy atom. The Balaban J connectivity index is 2.26. The second kappa shape index (κ2) is 4.23. The van der Waals surface area contributed by atoms with Gasteiger partial charge >= 0.3 is 0 Å². The molecule has 0 spiro atoms. The maximum atomic E-state index is 10.3. The van der Waals surface area contributed by atoms with Gasteiger partial charge in [0.2, 0.25) is 0 Å². The van der Waals surface area contributed by atoms with E-state index < -0.39 is 0 Å². The van der Waals surface area contributed by atoms with Gasteiger partial charge in [-0.1, -0.05) is 30.3 Å². The molecule has 0 saturated carbocycles. The van der Waals surface area contributed by atoms with E-state index in [9.17, 15) is 4.79 Å². The summed E-state index contributed by atoms with van der Waals surface area (Å²) < 4.78 is 0. The van der Waals surface area contributed by atoms with Crippen LogP contribution in [0.4, 0.5) is 0 Å². The van der Waals surface area contributed by atoms with E-state index >= 15 is 0 Å². The van der Waals surface area contributed by atoms with E-state index in [0.29, 0.717) is 6.42 Å². The van der Waals surface area contributed by atoms with Gasteiger partial charge in [0, 0.05) is 6.42 Å². The lowest BCUT2D eigenvalue weighted by Crippen LogP contribution is -1.99. The van der Waals surface area contributed by atoms with Crippen molar-refractivity contribution < 1.29 is 4.79 Å². The van der Waals surface area contributed by atoms with Gasteiger partial charge in [-0.3, -0.25) is 0 Å². The van der Waals surface area contributed by atoms with Crippen LogP contribution < -0.4 is 0 Å². The number of benzene rings is 1. The average Bonchev–Trinajstić information content (AvgIpc) is 2.26. The van der Waals surface area contributed by atoms with Gasteiger partial charge in [0.25, 0.3) is 0 Å². The van der Waals surface area contributed by atoms with Gasteiger partial charge in [0.15, 0.2) is 0 Å². The monoisotopic (exact) mass is 186 g/mol. The molecule has 0 aliphatic heterocycles. The van der Waals surface area contributed by atoms with Crippen molar-refractivity contribution in [2.24, 2.45) is 0 Å². The van der Waals surface area contributed by atoms with Crippen molar-refractivity contribution in [3.05, 3.63) is 41.5 Å². The summed E-state index contributed by atoms with van der Waals surface area (Å²) in [6, 6.07) is 8.49. The van der Waals surface area contributed by atoms with Crippen LogP contribution in [0.1, 0.15) is 30.4 Å². The molecule has 14 heavy (non-hydrogen) atoms. The van der Waals surface area contributed by atoms with Gasteiger partial charge in [0.05, 0.1) is 0 Å². The zero-order valence-electron chi connectivity index (χ0n) is 8.20. The first-order valence-corrected chi connectivity index (χ1v) is 5.13. The van der Waals surface area contributed by atoms with Crippen LogP contribution in [0.5, 0.6) is 0 Å². The summed E-state index contributed by atoms with van der Waals surface area (Å²) >= 11 is 0. The Hall–Kier alpha value is -1.37. The molecule has 0 saturated heterocycles. The largest absolute Gasteiger partial charge is 0.303 e. The molecule has 0 N–H and O–H groups in total. The van der Waals surface area contributed by atoms with Crippen molar-refractivity contribution in [3.63, 3.8) is 0 Å². The maximum Gasteiger partial charge on any atom is 0.120 e. The molecule has 1 aromatic carbocycles. The van der Waals surface area contributed by atoms with E-state index in [1.807, 2.05) is 0 Å². The molecule has 0 fully saturated rings. The zero-order valence-corrected chi connectivity index (χ0v) is 8.20. The number of aldehydes is 1. The molecule has 0 amide bonds. The van der Waals surface area contributed by atoms with E-state index in [4.69, 9.17) is 0 Å². The number of hydrogen-bond acceptors (Lipinski definition) is 1. The van der Waals surface area contributed by atoms with Crippen LogP contribution in [0.25, 0.3) is 5.57 Å². The lowest BCUT2D eigenvalue weighted by molar-refractivity contribution is -0.107. The quantitative estimate of drug-likeness (QED) is 0.663. The van der Waals surface area contributed by atoms with E-state index in [2.05, 4.69) is 30.3 Å². The van der Waals surface area contributed by atoms with Gasteiger partial charge < -0.3 is 4.79 Å². The van der Waals surface area contributed by atoms with Gasteiger partial charge in [-0.05, 0) is 36.0 Å².